The van der Waals surface area contributed by atoms with Crippen molar-refractivity contribution in [3.05, 3.63) is 0 Å². The molecule has 3 nitrogen and oxygen atoms in total. The Bertz CT molecular complexity index is 206. The average Bonchev–Trinajstić information content (AvgIpc) is 2.52. The molecule has 1 aliphatic rings. The number of nitrogens with one attached hydrogen (secondary N) is 1. The Morgan fingerprint density at radius 3 is 2.62 bits per heavy atom. The van der Waals surface area contributed by atoms with Crippen molar-refractivity contribution in [2.75, 3.05) is 33.3 Å². The minimum atomic E-state index is 0.272. The maximum absolute atomic E-state index is 9.01. The molecule has 16 heavy (non-hydrogen) atoms. The molecule has 0 spiro atoms. The second-order valence-electron chi connectivity index (χ2n) is 5.67. The summed E-state index contributed by atoms with van der Waals surface area (Å²) in [6.45, 7) is 10.1. The quantitative estimate of drug-likeness (QED) is 0.720. The standard InChI is InChI=1S/C13H28N2O/c1-5-15(8-9-16)10-11-6-7-13(2,3)12(11)14-4/h11-12,14,16H,5-10H2,1-4H3. The zero-order valence-corrected chi connectivity index (χ0v) is 11.3. The molecule has 1 saturated carbocycles. The third kappa shape index (κ3) is 3.19. The largest absolute Gasteiger partial charge is 0.395 e. The van der Waals surface area contributed by atoms with Gasteiger partial charge in [-0.2, -0.15) is 0 Å². The molecule has 2 N–H and O–H groups in total. The van der Waals surface area contributed by atoms with Crippen molar-refractivity contribution in [3.63, 3.8) is 0 Å². The molecule has 2 atom stereocenters. The highest BCUT2D eigenvalue weighted by atomic mass is 16.3. The van der Waals surface area contributed by atoms with Gasteiger partial charge in [0.15, 0.2) is 0 Å². The normalized spacial score (nSPS) is 28.9. The van der Waals surface area contributed by atoms with Crippen LogP contribution in [0, 0.1) is 11.3 Å². The van der Waals surface area contributed by atoms with Crippen molar-refractivity contribution in [1.29, 1.82) is 0 Å². The summed E-state index contributed by atoms with van der Waals surface area (Å²) in [5.41, 5.74) is 0.415. The molecular formula is C13H28N2O. The van der Waals surface area contributed by atoms with Gasteiger partial charge in [0, 0.05) is 19.1 Å². The molecule has 0 heterocycles. The topological polar surface area (TPSA) is 35.5 Å². The van der Waals surface area contributed by atoms with Crippen molar-refractivity contribution in [1.82, 2.24) is 10.2 Å². The number of aliphatic hydroxyl groups excluding tert-OH is 1. The molecule has 2 unspecified atom stereocenters. The van der Waals surface area contributed by atoms with Crippen LogP contribution in [-0.2, 0) is 0 Å². The lowest BCUT2D eigenvalue weighted by Gasteiger charge is -2.33. The monoisotopic (exact) mass is 228 g/mol. The maximum Gasteiger partial charge on any atom is 0.0558 e. The molecule has 0 bridgehead atoms. The first-order valence-corrected chi connectivity index (χ1v) is 6.55. The number of hydrogen-bond donors (Lipinski definition) is 2. The van der Waals surface area contributed by atoms with Crippen LogP contribution < -0.4 is 5.32 Å². The highest BCUT2D eigenvalue weighted by Gasteiger charge is 2.41. The SMILES string of the molecule is CCN(CCO)CC1CCC(C)(C)C1NC. The van der Waals surface area contributed by atoms with Crippen LogP contribution in [0.1, 0.15) is 33.6 Å². The van der Waals surface area contributed by atoms with E-state index < -0.39 is 0 Å². The molecule has 0 radical (unpaired) electrons. The third-order valence-corrected chi connectivity index (χ3v) is 4.14. The summed E-state index contributed by atoms with van der Waals surface area (Å²) in [4.78, 5) is 2.36. The zero-order chi connectivity index (χ0) is 12.2. The predicted octanol–water partition coefficient (Wildman–Crippen LogP) is 1.32. The van der Waals surface area contributed by atoms with Gasteiger partial charge in [-0.15, -0.1) is 0 Å². The molecule has 1 aliphatic carbocycles. The lowest BCUT2D eigenvalue weighted by Crippen LogP contribution is -2.44. The Morgan fingerprint density at radius 2 is 2.12 bits per heavy atom. The van der Waals surface area contributed by atoms with Gasteiger partial charge >= 0.3 is 0 Å². The fourth-order valence-corrected chi connectivity index (χ4v) is 3.19. The van der Waals surface area contributed by atoms with E-state index in [2.05, 4.69) is 38.0 Å². The smallest absolute Gasteiger partial charge is 0.0558 e. The Balaban J connectivity index is 2.53. The number of hydrogen-bond acceptors (Lipinski definition) is 3. The van der Waals surface area contributed by atoms with E-state index in [0.717, 1.165) is 25.6 Å². The van der Waals surface area contributed by atoms with Gasteiger partial charge in [0.2, 0.25) is 0 Å². The minimum Gasteiger partial charge on any atom is -0.395 e. The lowest BCUT2D eigenvalue weighted by molar-refractivity contribution is 0.161. The van der Waals surface area contributed by atoms with Crippen LogP contribution in [0.25, 0.3) is 0 Å². The van der Waals surface area contributed by atoms with Crippen molar-refractivity contribution in [2.24, 2.45) is 11.3 Å². The lowest BCUT2D eigenvalue weighted by atomic mass is 9.85. The van der Waals surface area contributed by atoms with E-state index in [4.69, 9.17) is 5.11 Å². The van der Waals surface area contributed by atoms with Crippen molar-refractivity contribution < 1.29 is 5.11 Å². The van der Waals surface area contributed by atoms with E-state index in [1.165, 1.54) is 12.8 Å². The zero-order valence-electron chi connectivity index (χ0n) is 11.3. The van der Waals surface area contributed by atoms with E-state index in [1.807, 2.05) is 0 Å². The van der Waals surface area contributed by atoms with Gasteiger partial charge in [-0.3, -0.25) is 0 Å². The Labute approximate surface area is 100 Å². The first-order chi connectivity index (χ1) is 7.55. The molecular weight excluding hydrogens is 200 g/mol. The maximum atomic E-state index is 9.01. The van der Waals surface area contributed by atoms with Gasteiger partial charge in [0.05, 0.1) is 6.61 Å². The minimum absolute atomic E-state index is 0.272. The highest BCUT2D eigenvalue weighted by molar-refractivity contribution is 4.96. The third-order valence-electron chi connectivity index (χ3n) is 4.14. The summed E-state index contributed by atoms with van der Waals surface area (Å²) in [5, 5.41) is 12.5. The van der Waals surface area contributed by atoms with Crippen LogP contribution in [0.2, 0.25) is 0 Å². The van der Waals surface area contributed by atoms with E-state index in [9.17, 15) is 0 Å². The van der Waals surface area contributed by atoms with Crippen LogP contribution in [0.5, 0.6) is 0 Å². The first kappa shape index (κ1) is 13.9. The van der Waals surface area contributed by atoms with Gasteiger partial charge in [-0.1, -0.05) is 20.8 Å². The van der Waals surface area contributed by atoms with E-state index in [1.54, 1.807) is 0 Å². The Hall–Kier alpha value is -0.120. The van der Waals surface area contributed by atoms with Crippen molar-refractivity contribution >= 4 is 0 Å². The van der Waals surface area contributed by atoms with Gasteiger partial charge in [0.1, 0.15) is 0 Å². The first-order valence-electron chi connectivity index (χ1n) is 6.55. The van der Waals surface area contributed by atoms with Crippen LogP contribution >= 0.6 is 0 Å². The summed E-state index contributed by atoms with van der Waals surface area (Å²) in [6, 6.07) is 0.611. The van der Waals surface area contributed by atoms with Gasteiger partial charge in [-0.05, 0) is 37.8 Å². The summed E-state index contributed by atoms with van der Waals surface area (Å²) < 4.78 is 0. The molecule has 0 aromatic heterocycles. The predicted molar refractivity (Wildman–Crippen MR) is 68.6 cm³/mol. The average molecular weight is 228 g/mol. The summed E-state index contributed by atoms with van der Waals surface area (Å²) in [5.74, 6) is 0.728. The summed E-state index contributed by atoms with van der Waals surface area (Å²) in [7, 11) is 2.08. The number of rotatable bonds is 6. The van der Waals surface area contributed by atoms with E-state index in [-0.39, 0.29) is 6.61 Å². The fourth-order valence-electron chi connectivity index (χ4n) is 3.19. The molecule has 0 aliphatic heterocycles. The molecule has 0 aromatic carbocycles. The number of aliphatic hydroxyl groups is 1. The van der Waals surface area contributed by atoms with Gasteiger partial charge < -0.3 is 15.3 Å². The number of likely N-dealkylation sites (N-methyl/N-ethyl adjacent to an activating group) is 1. The Morgan fingerprint density at radius 1 is 1.44 bits per heavy atom. The molecule has 96 valence electrons. The molecule has 0 aromatic rings. The summed E-state index contributed by atoms with van der Waals surface area (Å²) >= 11 is 0. The molecule has 3 heteroatoms. The molecule has 1 rings (SSSR count). The van der Waals surface area contributed by atoms with Gasteiger partial charge in [0.25, 0.3) is 0 Å². The van der Waals surface area contributed by atoms with E-state index in [0.29, 0.717) is 11.5 Å². The van der Waals surface area contributed by atoms with E-state index >= 15 is 0 Å². The van der Waals surface area contributed by atoms with Crippen LogP contribution in [0.4, 0.5) is 0 Å². The van der Waals surface area contributed by atoms with Gasteiger partial charge in [-0.25, -0.2) is 0 Å². The molecule has 0 saturated heterocycles. The van der Waals surface area contributed by atoms with Crippen molar-refractivity contribution in [3.8, 4) is 0 Å². The Kier molecular flexibility index (Phi) is 5.22. The van der Waals surface area contributed by atoms with Crippen LogP contribution in [0.3, 0.4) is 0 Å². The molecule has 1 fully saturated rings. The van der Waals surface area contributed by atoms with Crippen molar-refractivity contribution in [2.45, 2.75) is 39.7 Å². The van der Waals surface area contributed by atoms with Crippen LogP contribution in [0.15, 0.2) is 0 Å². The molecule has 0 amide bonds. The fraction of sp³-hybridized carbons (Fsp3) is 1.00. The highest BCUT2D eigenvalue weighted by Crippen LogP contribution is 2.41. The second kappa shape index (κ2) is 5.99. The second-order valence-corrected chi connectivity index (χ2v) is 5.67. The summed E-state index contributed by atoms with van der Waals surface area (Å²) in [6.07, 6.45) is 2.61. The van der Waals surface area contributed by atoms with Crippen LogP contribution in [-0.4, -0.2) is 49.3 Å². The number of nitrogens with zero attached hydrogens (tertiary/aromatic N) is 1.